The number of hydrogen-bond donors (Lipinski definition) is 0. The highest BCUT2D eigenvalue weighted by Gasteiger charge is 2.44. The van der Waals surface area contributed by atoms with Gasteiger partial charge in [0.25, 0.3) is 0 Å². The number of halogens is 1. The van der Waals surface area contributed by atoms with E-state index in [1.165, 1.54) is 30.4 Å². The number of urea groups is 1. The van der Waals surface area contributed by atoms with Crippen LogP contribution in [0.1, 0.15) is 54.8 Å². The van der Waals surface area contributed by atoms with Crippen molar-refractivity contribution in [2.75, 3.05) is 13.7 Å². The van der Waals surface area contributed by atoms with Crippen molar-refractivity contribution in [1.29, 1.82) is 0 Å². The van der Waals surface area contributed by atoms with E-state index in [-0.39, 0.29) is 24.5 Å². The van der Waals surface area contributed by atoms with Crippen LogP contribution in [0.3, 0.4) is 0 Å². The highest BCUT2D eigenvalue weighted by molar-refractivity contribution is 6.06. The fourth-order valence-corrected chi connectivity index (χ4v) is 4.14. The van der Waals surface area contributed by atoms with E-state index in [1.54, 1.807) is 11.5 Å². The molecule has 3 amide bonds. The molecule has 4 rings (SSSR count). The highest BCUT2D eigenvalue weighted by Crippen LogP contribution is 2.23. The number of carbonyl (C=O) groups excluding carboxylic acids is 2. The van der Waals surface area contributed by atoms with Crippen molar-refractivity contribution in [1.82, 2.24) is 14.5 Å². The molecule has 2 heterocycles. The molecule has 26 heavy (non-hydrogen) atoms. The molecule has 1 unspecified atom stereocenters. The number of imide groups is 1. The molecule has 3 aliphatic rings. The van der Waals surface area contributed by atoms with Gasteiger partial charge in [0, 0.05) is 18.5 Å². The first kappa shape index (κ1) is 17.0. The average molecular weight is 358 g/mol. The third-order valence-corrected chi connectivity index (χ3v) is 5.39. The van der Waals surface area contributed by atoms with Gasteiger partial charge in [-0.2, -0.15) is 14.3 Å². The summed E-state index contributed by atoms with van der Waals surface area (Å²) in [7, 11) is 1.48. The Morgan fingerprint density at radius 2 is 2.08 bits per heavy atom. The molecule has 1 aromatic rings. The topological polar surface area (TPSA) is 62.5 Å². The maximum absolute atomic E-state index is 14.2. The Hall–Kier alpha value is -2.41. The van der Waals surface area contributed by atoms with E-state index in [1.807, 2.05) is 0 Å². The third kappa shape index (κ3) is 2.41. The van der Waals surface area contributed by atoms with Gasteiger partial charge in [0.1, 0.15) is 23.5 Å². The Bertz CT molecular complexity index is 948. The van der Waals surface area contributed by atoms with Gasteiger partial charge in [0.05, 0.1) is 12.2 Å². The van der Waals surface area contributed by atoms with Crippen LogP contribution in [0, 0.1) is 0 Å². The second-order valence-corrected chi connectivity index (χ2v) is 6.81. The smallest absolute Gasteiger partial charge is 0.371 e. The maximum Gasteiger partial charge on any atom is 0.501 e. The van der Waals surface area contributed by atoms with E-state index >= 15 is 0 Å². The minimum atomic E-state index is -0.639. The van der Waals surface area contributed by atoms with Gasteiger partial charge in [-0.25, -0.2) is 9.18 Å². The number of amides is 3. The van der Waals surface area contributed by atoms with E-state index in [2.05, 4.69) is 4.98 Å². The van der Waals surface area contributed by atoms with Crippen LogP contribution in [0.4, 0.5) is 9.18 Å². The number of methoxy groups -OCH3 is 1. The van der Waals surface area contributed by atoms with Crippen molar-refractivity contribution in [2.45, 2.75) is 44.8 Å². The Balaban J connectivity index is 2.12. The van der Waals surface area contributed by atoms with E-state index in [9.17, 15) is 14.0 Å². The fraction of sp³-hybridized carbons (Fsp3) is 0.474. The number of nitrogens with zero attached hydrogens (tertiary/aromatic N) is 3. The lowest BCUT2D eigenvalue weighted by Gasteiger charge is -2.24. The van der Waals surface area contributed by atoms with Gasteiger partial charge in [0.2, 0.25) is 0 Å². The summed E-state index contributed by atoms with van der Waals surface area (Å²) in [5, 5.41) is 0.950. The Labute approximate surface area is 150 Å². The average Bonchev–Trinajstić information content (AvgIpc) is 3.15. The largest absolute Gasteiger partial charge is 0.501 e. The number of allylic oxidation sites excluding steroid dienone is 1. The third-order valence-electron chi connectivity index (χ3n) is 5.39. The summed E-state index contributed by atoms with van der Waals surface area (Å²) in [6.45, 7) is 2.06. The summed E-state index contributed by atoms with van der Waals surface area (Å²) in [5.41, 5.74) is 0.874. The first-order valence-electron chi connectivity index (χ1n) is 8.99. The Morgan fingerprint density at radius 3 is 2.73 bits per heavy atom. The van der Waals surface area contributed by atoms with Crippen LogP contribution in [0.15, 0.2) is 18.1 Å². The predicted molar refractivity (Wildman–Crippen MR) is 92.5 cm³/mol. The minimum absolute atomic E-state index is 0.0123. The van der Waals surface area contributed by atoms with E-state index in [0.717, 1.165) is 25.7 Å². The van der Waals surface area contributed by atoms with Gasteiger partial charge >= 0.3 is 11.9 Å². The highest BCUT2D eigenvalue weighted by atomic mass is 19.1. The Morgan fingerprint density at radius 1 is 1.35 bits per heavy atom. The summed E-state index contributed by atoms with van der Waals surface area (Å²) in [6, 6.07) is -0.319. The molecule has 0 aromatic carbocycles. The first-order chi connectivity index (χ1) is 12.6. The maximum atomic E-state index is 14.2. The van der Waals surface area contributed by atoms with Crippen LogP contribution in [0.5, 0.6) is 0 Å². The number of carbonyl (C=O) groups is 2. The minimum Gasteiger partial charge on any atom is -0.371 e. The lowest BCUT2D eigenvalue weighted by atomic mass is 10.0. The molecule has 6 nitrogen and oxygen atoms in total. The van der Waals surface area contributed by atoms with Crippen LogP contribution in [-0.2, 0) is 4.74 Å². The standard InChI is InChI=1S/C19H21FN3O3/c1-3-22-18(24)14-10-21-16-13(8-11(20)9-15(16)26-2)17(14)23(19(22)25)12-6-4-5-7-12/h8-10,12,15H,3-7H2,1-2H3/q+1. The Kier molecular flexibility index (Phi) is 4.19. The zero-order chi connectivity index (χ0) is 18.4. The molecule has 1 saturated carbocycles. The molecule has 0 N–H and O–H groups in total. The fourth-order valence-electron chi connectivity index (χ4n) is 4.14. The SMILES string of the molecule is CCN1C(=O)c2cnc3c(c2=[N+](C2CCCC2)C1=O)=CC(F)=CC3OC. The molecule has 1 aromatic heterocycles. The summed E-state index contributed by atoms with van der Waals surface area (Å²) >= 11 is 0. The molecule has 0 radical (unpaired) electrons. The summed E-state index contributed by atoms with van der Waals surface area (Å²) in [6.07, 6.45) is 7.36. The van der Waals surface area contributed by atoms with Crippen LogP contribution < -0.4 is 15.2 Å². The number of hydrogen-bond acceptors (Lipinski definition) is 4. The molecule has 1 fully saturated rings. The van der Waals surface area contributed by atoms with E-state index < -0.39 is 11.9 Å². The summed E-state index contributed by atoms with van der Waals surface area (Å²) in [5.74, 6) is -0.835. The van der Waals surface area contributed by atoms with Gasteiger partial charge in [-0.05, 0) is 44.8 Å². The molecule has 0 bridgehead atoms. The van der Waals surface area contributed by atoms with Gasteiger partial charge in [-0.1, -0.05) is 0 Å². The molecule has 136 valence electrons. The quantitative estimate of drug-likeness (QED) is 0.768. The second kappa shape index (κ2) is 6.39. The van der Waals surface area contributed by atoms with Crippen LogP contribution in [-0.4, -0.2) is 41.5 Å². The lowest BCUT2D eigenvalue weighted by Crippen LogP contribution is -2.62. The molecular weight excluding hydrogens is 337 g/mol. The van der Waals surface area contributed by atoms with Crippen LogP contribution >= 0.6 is 0 Å². The van der Waals surface area contributed by atoms with E-state index in [0.29, 0.717) is 21.8 Å². The number of fused-ring (bicyclic) bond motifs is 3. The zero-order valence-electron chi connectivity index (χ0n) is 14.9. The van der Waals surface area contributed by atoms with Crippen LogP contribution in [0.2, 0.25) is 0 Å². The van der Waals surface area contributed by atoms with Gasteiger partial charge in [-0.15, -0.1) is 0 Å². The number of pyridine rings is 1. The molecule has 0 saturated heterocycles. The van der Waals surface area contributed by atoms with E-state index in [4.69, 9.17) is 4.74 Å². The molecule has 1 atom stereocenters. The number of rotatable bonds is 3. The molecule has 7 heteroatoms. The van der Waals surface area contributed by atoms with Crippen molar-refractivity contribution < 1.29 is 18.7 Å². The van der Waals surface area contributed by atoms with Crippen molar-refractivity contribution in [2.24, 2.45) is 0 Å². The number of aromatic nitrogens is 1. The predicted octanol–water partition coefficient (Wildman–Crippen LogP) is 1.45. The molecule has 1 aliphatic heterocycles. The van der Waals surface area contributed by atoms with Gasteiger partial charge in [0.15, 0.2) is 5.36 Å². The van der Waals surface area contributed by atoms with Crippen LogP contribution in [0.25, 0.3) is 6.08 Å². The first-order valence-corrected chi connectivity index (χ1v) is 8.99. The van der Waals surface area contributed by atoms with Crippen molar-refractivity contribution >= 4 is 18.0 Å². The lowest BCUT2D eigenvalue weighted by molar-refractivity contribution is 0.0777. The summed E-state index contributed by atoms with van der Waals surface area (Å²) in [4.78, 5) is 31.5. The molecule has 0 spiro atoms. The van der Waals surface area contributed by atoms with Crippen molar-refractivity contribution in [3.63, 3.8) is 0 Å². The van der Waals surface area contributed by atoms with Crippen molar-refractivity contribution in [3.05, 3.63) is 39.9 Å². The molecular formula is C19H21FN3O3+. The zero-order valence-corrected chi connectivity index (χ0v) is 14.9. The monoisotopic (exact) mass is 358 g/mol. The van der Waals surface area contributed by atoms with Gasteiger partial charge in [-0.3, -0.25) is 4.98 Å². The normalized spacial score (nSPS) is 22.9. The summed E-state index contributed by atoms with van der Waals surface area (Å²) < 4.78 is 21.2. The van der Waals surface area contributed by atoms with Crippen molar-refractivity contribution in [3.8, 4) is 0 Å². The molecule has 2 aliphatic carbocycles. The van der Waals surface area contributed by atoms with Gasteiger partial charge < -0.3 is 4.74 Å². The second-order valence-electron chi connectivity index (χ2n) is 6.81. The number of ether oxygens (including phenoxy) is 1.